The lowest BCUT2D eigenvalue weighted by Gasteiger charge is -2.16. The largest absolute Gasteiger partial charge is 0.508 e. The number of nitrogens with one attached hydrogen (secondary N) is 2. The summed E-state index contributed by atoms with van der Waals surface area (Å²) in [4.78, 5) is 31.6. The fourth-order valence-electron chi connectivity index (χ4n) is 4.07. The minimum Gasteiger partial charge on any atom is -0.508 e. The number of benzene rings is 2. The minimum absolute atomic E-state index is 0.0538. The third kappa shape index (κ3) is 5.02. The molecule has 0 radical (unpaired) electrons. The molecule has 6 heteroatoms. The number of rotatable bonds is 4. The fourth-order valence-corrected chi connectivity index (χ4v) is 4.07. The van der Waals surface area contributed by atoms with E-state index in [1.165, 1.54) is 25.7 Å². The highest BCUT2D eigenvalue weighted by Crippen LogP contribution is 2.26. The van der Waals surface area contributed by atoms with Gasteiger partial charge in [0.15, 0.2) is 0 Å². The number of aromatic amines is 1. The van der Waals surface area contributed by atoms with Crippen LogP contribution in [-0.4, -0.2) is 27.0 Å². The molecule has 31 heavy (non-hydrogen) atoms. The van der Waals surface area contributed by atoms with E-state index in [0.717, 1.165) is 24.0 Å². The lowest BCUT2D eigenvalue weighted by Crippen LogP contribution is -2.34. The van der Waals surface area contributed by atoms with Gasteiger partial charge in [0, 0.05) is 17.2 Å². The third-order valence-corrected chi connectivity index (χ3v) is 5.89. The number of hydrogen-bond donors (Lipinski definition) is 3. The number of hydrogen-bond acceptors (Lipinski definition) is 4. The summed E-state index contributed by atoms with van der Waals surface area (Å²) in [5.74, 6) is 0.147. The minimum atomic E-state index is -0.451. The van der Waals surface area contributed by atoms with E-state index in [0.29, 0.717) is 22.5 Å². The van der Waals surface area contributed by atoms with Gasteiger partial charge in [0.25, 0.3) is 5.91 Å². The molecule has 0 spiro atoms. The van der Waals surface area contributed by atoms with Crippen molar-refractivity contribution in [3.8, 4) is 28.3 Å². The molecule has 0 unspecified atom stereocenters. The zero-order valence-electron chi connectivity index (χ0n) is 17.6. The van der Waals surface area contributed by atoms with E-state index in [2.05, 4.69) is 15.3 Å². The first-order valence-electron chi connectivity index (χ1n) is 10.8. The number of amides is 1. The van der Waals surface area contributed by atoms with Gasteiger partial charge in [-0.05, 0) is 67.3 Å². The maximum Gasteiger partial charge on any atom is 0.345 e. The molecule has 1 aliphatic carbocycles. The van der Waals surface area contributed by atoms with Crippen LogP contribution in [0.15, 0.2) is 53.3 Å². The Labute approximate surface area is 181 Å². The van der Waals surface area contributed by atoms with Crippen LogP contribution in [0.3, 0.4) is 0 Å². The number of H-pyrrole nitrogens is 1. The maximum atomic E-state index is 12.6. The van der Waals surface area contributed by atoms with E-state index in [-0.39, 0.29) is 17.7 Å². The molecule has 1 amide bonds. The Morgan fingerprint density at radius 3 is 2.35 bits per heavy atom. The number of aromatic hydroxyl groups is 1. The number of phenols is 1. The monoisotopic (exact) mass is 417 g/mol. The van der Waals surface area contributed by atoms with Gasteiger partial charge in [-0.3, -0.25) is 4.79 Å². The van der Waals surface area contributed by atoms with Gasteiger partial charge >= 0.3 is 5.69 Å². The number of aromatic nitrogens is 2. The van der Waals surface area contributed by atoms with Crippen LogP contribution >= 0.6 is 0 Å². The predicted octanol–water partition coefficient (Wildman–Crippen LogP) is 4.57. The van der Waals surface area contributed by atoms with Crippen LogP contribution in [0, 0.1) is 6.92 Å². The summed E-state index contributed by atoms with van der Waals surface area (Å²) < 4.78 is 0. The van der Waals surface area contributed by atoms with E-state index in [4.69, 9.17) is 0 Å². The number of aryl methyl sites for hydroxylation is 1. The smallest absolute Gasteiger partial charge is 0.345 e. The van der Waals surface area contributed by atoms with Gasteiger partial charge in [0.05, 0.1) is 11.4 Å². The molecule has 0 aliphatic heterocycles. The molecule has 2 aromatic carbocycles. The summed E-state index contributed by atoms with van der Waals surface area (Å²) in [5, 5.41) is 12.9. The molecule has 1 saturated carbocycles. The van der Waals surface area contributed by atoms with Crippen molar-refractivity contribution < 1.29 is 9.90 Å². The van der Waals surface area contributed by atoms with E-state index in [1.54, 1.807) is 43.3 Å². The van der Waals surface area contributed by atoms with Crippen LogP contribution < -0.4 is 11.0 Å². The summed E-state index contributed by atoms with van der Waals surface area (Å²) in [6, 6.07) is 14.4. The molecule has 160 valence electrons. The Bertz CT molecular complexity index is 1130. The molecule has 6 nitrogen and oxygen atoms in total. The molecule has 1 heterocycles. The number of phenolic OH excluding ortho intramolecular Hbond substituents is 1. The second-order valence-corrected chi connectivity index (χ2v) is 8.23. The van der Waals surface area contributed by atoms with Crippen LogP contribution in [0.1, 0.15) is 54.4 Å². The summed E-state index contributed by atoms with van der Waals surface area (Å²) in [6.45, 7) is 1.80. The van der Waals surface area contributed by atoms with Crippen molar-refractivity contribution in [3.05, 3.63) is 70.1 Å². The second-order valence-electron chi connectivity index (χ2n) is 8.23. The topological polar surface area (TPSA) is 95.1 Å². The Hall–Kier alpha value is -3.41. The number of nitrogens with zero attached hydrogens (tertiary/aromatic N) is 1. The van der Waals surface area contributed by atoms with Crippen molar-refractivity contribution in [2.45, 2.75) is 51.5 Å². The Morgan fingerprint density at radius 1 is 1.00 bits per heavy atom. The lowest BCUT2D eigenvalue weighted by atomic mass is 10.0. The highest BCUT2D eigenvalue weighted by atomic mass is 16.3. The quantitative estimate of drug-likeness (QED) is 0.542. The molecule has 1 fully saturated rings. The molecular formula is C25H27N3O3. The lowest BCUT2D eigenvalue weighted by molar-refractivity contribution is 0.0933. The van der Waals surface area contributed by atoms with E-state index in [9.17, 15) is 14.7 Å². The zero-order valence-corrected chi connectivity index (χ0v) is 17.6. The Morgan fingerprint density at radius 2 is 1.68 bits per heavy atom. The second kappa shape index (κ2) is 9.16. The van der Waals surface area contributed by atoms with Crippen LogP contribution in [0.25, 0.3) is 22.5 Å². The van der Waals surface area contributed by atoms with Crippen LogP contribution in [0.5, 0.6) is 5.75 Å². The van der Waals surface area contributed by atoms with Gasteiger partial charge < -0.3 is 15.4 Å². The first-order chi connectivity index (χ1) is 15.0. The molecular weight excluding hydrogens is 390 g/mol. The fraction of sp³-hybridized carbons (Fsp3) is 0.320. The van der Waals surface area contributed by atoms with Gasteiger partial charge in [-0.25, -0.2) is 4.79 Å². The molecule has 1 aromatic heterocycles. The van der Waals surface area contributed by atoms with Gasteiger partial charge in [-0.15, -0.1) is 0 Å². The van der Waals surface area contributed by atoms with Crippen molar-refractivity contribution in [3.63, 3.8) is 0 Å². The molecule has 0 bridgehead atoms. The zero-order chi connectivity index (χ0) is 21.8. The number of carbonyl (C=O) groups is 1. The van der Waals surface area contributed by atoms with Crippen LogP contribution in [-0.2, 0) is 0 Å². The van der Waals surface area contributed by atoms with E-state index >= 15 is 0 Å². The average Bonchev–Trinajstić information content (AvgIpc) is 3.04. The summed E-state index contributed by atoms with van der Waals surface area (Å²) in [6.07, 6.45) is 6.92. The van der Waals surface area contributed by atoms with Crippen molar-refractivity contribution in [2.24, 2.45) is 0 Å². The Balaban J connectivity index is 1.54. The molecule has 0 saturated heterocycles. The first kappa shape index (κ1) is 20.8. The van der Waals surface area contributed by atoms with Crippen molar-refractivity contribution in [1.29, 1.82) is 0 Å². The average molecular weight is 418 g/mol. The highest BCUT2D eigenvalue weighted by Gasteiger charge is 2.16. The highest BCUT2D eigenvalue weighted by molar-refractivity contribution is 5.94. The molecule has 4 rings (SSSR count). The van der Waals surface area contributed by atoms with Crippen molar-refractivity contribution >= 4 is 5.91 Å². The summed E-state index contributed by atoms with van der Waals surface area (Å²) >= 11 is 0. The molecule has 0 atom stereocenters. The summed E-state index contributed by atoms with van der Waals surface area (Å²) in [7, 11) is 0. The number of carbonyl (C=O) groups excluding carboxylic acids is 1. The maximum absolute atomic E-state index is 12.6. The van der Waals surface area contributed by atoms with E-state index < -0.39 is 5.69 Å². The van der Waals surface area contributed by atoms with Crippen molar-refractivity contribution in [1.82, 2.24) is 15.3 Å². The van der Waals surface area contributed by atoms with E-state index in [1.807, 2.05) is 12.1 Å². The predicted molar refractivity (Wildman–Crippen MR) is 121 cm³/mol. The third-order valence-electron chi connectivity index (χ3n) is 5.89. The van der Waals surface area contributed by atoms with Crippen LogP contribution in [0.2, 0.25) is 0 Å². The van der Waals surface area contributed by atoms with Crippen LogP contribution in [0.4, 0.5) is 0 Å². The van der Waals surface area contributed by atoms with Gasteiger partial charge in [-0.1, -0.05) is 37.8 Å². The molecule has 3 N–H and O–H groups in total. The van der Waals surface area contributed by atoms with Gasteiger partial charge in [0.1, 0.15) is 5.75 Å². The standard InChI is InChI=1S/C25H27N3O3/c1-16-14-19(12-13-23(16)29)22-15-21(27-25(31)28-22)17-8-10-18(11-9-17)24(30)26-20-6-4-2-3-5-7-20/h8-15,20,29H,2-7H2,1H3,(H,26,30)(H,27,28,31). The SMILES string of the molecule is Cc1cc(-c2cc(-c3ccc(C(=O)NC4CCCCCC4)cc3)[nH]c(=O)n2)ccc1O. The first-order valence-corrected chi connectivity index (χ1v) is 10.8. The molecule has 1 aliphatic rings. The van der Waals surface area contributed by atoms with Gasteiger partial charge in [0.2, 0.25) is 0 Å². The summed E-state index contributed by atoms with van der Waals surface area (Å²) in [5.41, 5.74) is 3.56. The normalized spacial score (nSPS) is 14.7. The van der Waals surface area contributed by atoms with Gasteiger partial charge in [-0.2, -0.15) is 4.98 Å². The van der Waals surface area contributed by atoms with Crippen molar-refractivity contribution in [2.75, 3.05) is 0 Å². The Kier molecular flexibility index (Phi) is 6.16. The molecule has 3 aromatic rings.